The Kier molecular flexibility index (Phi) is 6.75. The van der Waals surface area contributed by atoms with Crippen molar-refractivity contribution >= 4 is 34.8 Å². The fourth-order valence-electron chi connectivity index (χ4n) is 2.77. The first-order valence-corrected chi connectivity index (χ1v) is 9.41. The fraction of sp³-hybridized carbons (Fsp3) is 0.579. The van der Waals surface area contributed by atoms with Gasteiger partial charge in [-0.2, -0.15) is 0 Å². The molecule has 2 rings (SSSR count). The van der Waals surface area contributed by atoms with Crippen molar-refractivity contribution in [3.8, 4) is 0 Å². The van der Waals surface area contributed by atoms with Gasteiger partial charge in [0.15, 0.2) is 6.10 Å². The lowest BCUT2D eigenvalue weighted by Gasteiger charge is -2.27. The lowest BCUT2D eigenvalue weighted by atomic mass is 9.91. The zero-order valence-corrected chi connectivity index (χ0v) is 16.8. The van der Waals surface area contributed by atoms with E-state index in [2.05, 4.69) is 32.9 Å². The maximum absolute atomic E-state index is 12.6. The van der Waals surface area contributed by atoms with E-state index in [4.69, 9.17) is 28.0 Å². The van der Waals surface area contributed by atoms with E-state index < -0.39 is 0 Å². The smallest absolute Gasteiger partial charge is 0.223 e. The van der Waals surface area contributed by atoms with Gasteiger partial charge in [0.25, 0.3) is 0 Å². The minimum absolute atomic E-state index is 0.0265. The lowest BCUT2D eigenvalue weighted by Crippen LogP contribution is -2.39. The molecule has 0 radical (unpaired) electrons. The predicted octanol–water partition coefficient (Wildman–Crippen LogP) is 5.16. The first-order chi connectivity index (χ1) is 11.7. The second-order valence-electron chi connectivity index (χ2n) is 7.68. The summed E-state index contributed by atoms with van der Waals surface area (Å²) in [5, 5.41) is 5.20. The zero-order valence-electron chi connectivity index (χ0n) is 15.3. The minimum atomic E-state index is -0.125. The third kappa shape index (κ3) is 5.89. The van der Waals surface area contributed by atoms with E-state index in [0.29, 0.717) is 29.4 Å². The minimum Gasteiger partial charge on any atom is -0.390 e. The Balaban J connectivity index is 1.98. The number of hydrogen-bond donors (Lipinski definition) is 0. The van der Waals surface area contributed by atoms with Crippen molar-refractivity contribution in [3.63, 3.8) is 0 Å². The topological polar surface area (TPSA) is 41.9 Å². The van der Waals surface area contributed by atoms with Crippen LogP contribution in [0, 0.1) is 5.41 Å². The summed E-state index contributed by atoms with van der Waals surface area (Å²) in [6, 6.07) is 5.43. The molecule has 1 heterocycles. The highest BCUT2D eigenvalue weighted by atomic mass is 35.5. The van der Waals surface area contributed by atoms with Gasteiger partial charge in [0.05, 0.1) is 22.3 Å². The second kappa shape index (κ2) is 8.41. The van der Waals surface area contributed by atoms with Gasteiger partial charge in [-0.15, -0.1) is 0 Å². The molecule has 0 spiro atoms. The SMILES string of the molecule is CCCN(C[C@@H]1CC(c2ccc(Cl)c(Cl)c2)=NO1)C(=O)CC(C)(C)C. The van der Waals surface area contributed by atoms with Gasteiger partial charge in [0.1, 0.15) is 0 Å². The van der Waals surface area contributed by atoms with Crippen LogP contribution >= 0.6 is 23.2 Å². The molecule has 1 aliphatic heterocycles. The Morgan fingerprint density at radius 1 is 1.32 bits per heavy atom. The van der Waals surface area contributed by atoms with Gasteiger partial charge in [-0.1, -0.05) is 62.1 Å². The molecule has 1 aliphatic rings. The highest BCUT2D eigenvalue weighted by Crippen LogP contribution is 2.26. The molecule has 1 aromatic carbocycles. The Morgan fingerprint density at radius 2 is 2.04 bits per heavy atom. The molecule has 0 saturated carbocycles. The van der Waals surface area contributed by atoms with Gasteiger partial charge in [0, 0.05) is 24.9 Å². The van der Waals surface area contributed by atoms with Crippen molar-refractivity contribution in [3.05, 3.63) is 33.8 Å². The van der Waals surface area contributed by atoms with E-state index >= 15 is 0 Å². The van der Waals surface area contributed by atoms with Crippen LogP contribution in [0.15, 0.2) is 23.4 Å². The van der Waals surface area contributed by atoms with E-state index in [-0.39, 0.29) is 17.4 Å². The predicted molar refractivity (Wildman–Crippen MR) is 103 cm³/mol. The summed E-state index contributed by atoms with van der Waals surface area (Å²) in [7, 11) is 0. The van der Waals surface area contributed by atoms with Crippen LogP contribution in [0.2, 0.25) is 10.0 Å². The molecule has 0 fully saturated rings. The van der Waals surface area contributed by atoms with E-state index in [9.17, 15) is 4.79 Å². The number of rotatable bonds is 6. The molecule has 0 saturated heterocycles. The highest BCUT2D eigenvalue weighted by molar-refractivity contribution is 6.42. The summed E-state index contributed by atoms with van der Waals surface area (Å²) in [6.07, 6.45) is 1.98. The molecule has 1 amide bonds. The maximum atomic E-state index is 12.6. The number of carbonyl (C=O) groups excluding carboxylic acids is 1. The van der Waals surface area contributed by atoms with E-state index in [1.807, 2.05) is 11.0 Å². The average Bonchev–Trinajstić information content (AvgIpc) is 2.96. The average molecular weight is 385 g/mol. The van der Waals surface area contributed by atoms with Crippen molar-refractivity contribution in [2.45, 2.75) is 53.1 Å². The molecule has 138 valence electrons. The van der Waals surface area contributed by atoms with Crippen molar-refractivity contribution in [1.29, 1.82) is 0 Å². The van der Waals surface area contributed by atoms with Crippen LogP contribution in [0.5, 0.6) is 0 Å². The van der Waals surface area contributed by atoms with Crippen LogP contribution < -0.4 is 0 Å². The van der Waals surface area contributed by atoms with Crippen molar-refractivity contribution < 1.29 is 9.63 Å². The third-order valence-corrected chi connectivity index (χ3v) is 4.68. The summed E-state index contributed by atoms with van der Waals surface area (Å²) < 4.78 is 0. The van der Waals surface area contributed by atoms with E-state index in [0.717, 1.165) is 24.2 Å². The third-order valence-electron chi connectivity index (χ3n) is 3.94. The standard InChI is InChI=1S/C19H26Cl2N2O2/c1-5-8-23(18(24)11-19(2,3)4)12-14-10-17(22-25-14)13-6-7-15(20)16(21)9-13/h6-7,9,14H,5,8,10-12H2,1-4H3/t14-/m0/s1. The lowest BCUT2D eigenvalue weighted by molar-refractivity contribution is -0.134. The van der Waals surface area contributed by atoms with E-state index in [1.165, 1.54) is 0 Å². The number of oxime groups is 1. The number of carbonyl (C=O) groups is 1. The number of amides is 1. The summed E-state index contributed by atoms with van der Waals surface area (Å²) in [4.78, 5) is 20.0. The fourth-order valence-corrected chi connectivity index (χ4v) is 3.07. The summed E-state index contributed by atoms with van der Waals surface area (Å²) in [5.41, 5.74) is 1.71. The number of nitrogens with zero attached hydrogens (tertiary/aromatic N) is 2. The highest BCUT2D eigenvalue weighted by Gasteiger charge is 2.28. The maximum Gasteiger partial charge on any atom is 0.223 e. The molecule has 0 aliphatic carbocycles. The zero-order chi connectivity index (χ0) is 18.6. The first-order valence-electron chi connectivity index (χ1n) is 8.65. The molecule has 25 heavy (non-hydrogen) atoms. The Labute approximate surface area is 160 Å². The van der Waals surface area contributed by atoms with Crippen molar-refractivity contribution in [1.82, 2.24) is 4.90 Å². The molecule has 0 N–H and O–H groups in total. The van der Waals surface area contributed by atoms with Crippen LogP contribution in [-0.2, 0) is 9.63 Å². The quantitative estimate of drug-likeness (QED) is 0.679. The van der Waals surface area contributed by atoms with Crippen LogP contribution in [0.25, 0.3) is 0 Å². The van der Waals surface area contributed by atoms with Crippen LogP contribution in [0.3, 0.4) is 0 Å². The molecule has 1 aromatic rings. The molecule has 6 heteroatoms. The molecule has 0 bridgehead atoms. The van der Waals surface area contributed by atoms with Gasteiger partial charge in [-0.25, -0.2) is 0 Å². The number of halogens is 2. The van der Waals surface area contributed by atoms with Crippen LogP contribution in [0.4, 0.5) is 0 Å². The van der Waals surface area contributed by atoms with Gasteiger partial charge < -0.3 is 9.74 Å². The van der Waals surface area contributed by atoms with Gasteiger partial charge in [-0.05, 0) is 24.0 Å². The number of hydrogen-bond acceptors (Lipinski definition) is 3. The van der Waals surface area contributed by atoms with Crippen LogP contribution in [0.1, 0.15) is 52.5 Å². The molecule has 0 unspecified atom stereocenters. The monoisotopic (exact) mass is 384 g/mol. The van der Waals surface area contributed by atoms with Gasteiger partial charge in [0.2, 0.25) is 5.91 Å². The molecule has 1 atom stereocenters. The molecule has 4 nitrogen and oxygen atoms in total. The Hall–Kier alpha value is -1.26. The summed E-state index contributed by atoms with van der Waals surface area (Å²) >= 11 is 12.0. The van der Waals surface area contributed by atoms with Crippen molar-refractivity contribution in [2.75, 3.05) is 13.1 Å². The first kappa shape index (κ1) is 20.1. The summed E-state index contributed by atoms with van der Waals surface area (Å²) in [5.74, 6) is 0.168. The molecule has 0 aromatic heterocycles. The van der Waals surface area contributed by atoms with Crippen molar-refractivity contribution in [2.24, 2.45) is 10.6 Å². The molecular formula is C19H26Cl2N2O2. The van der Waals surface area contributed by atoms with Gasteiger partial charge >= 0.3 is 0 Å². The second-order valence-corrected chi connectivity index (χ2v) is 8.49. The Bertz CT molecular complexity index is 653. The molecular weight excluding hydrogens is 359 g/mol. The van der Waals surface area contributed by atoms with Crippen LogP contribution in [-0.4, -0.2) is 35.7 Å². The van der Waals surface area contributed by atoms with E-state index in [1.54, 1.807) is 12.1 Å². The Morgan fingerprint density at radius 3 is 2.64 bits per heavy atom. The normalized spacial score (nSPS) is 17.2. The summed E-state index contributed by atoms with van der Waals surface area (Å²) in [6.45, 7) is 9.59. The number of benzene rings is 1. The van der Waals surface area contributed by atoms with Gasteiger partial charge in [-0.3, -0.25) is 4.79 Å². The largest absolute Gasteiger partial charge is 0.390 e.